The van der Waals surface area contributed by atoms with Crippen LogP contribution in [0.3, 0.4) is 0 Å². The quantitative estimate of drug-likeness (QED) is 0.449. The SMILES string of the molecule is COc1ccc(/C=N/N=C(c2ccccc2)c2ccccc2)c(OC)c1OC. The molecular formula is C23H22N2O3. The van der Waals surface area contributed by atoms with Gasteiger partial charge in [-0.15, -0.1) is 5.10 Å². The zero-order chi connectivity index (χ0) is 19.8. The highest BCUT2D eigenvalue weighted by molar-refractivity contribution is 6.13. The van der Waals surface area contributed by atoms with Gasteiger partial charge in [0.1, 0.15) is 5.71 Å². The predicted octanol–water partition coefficient (Wildman–Crippen LogP) is 4.58. The minimum atomic E-state index is 0.518. The number of benzene rings is 3. The van der Waals surface area contributed by atoms with Crippen molar-refractivity contribution in [2.24, 2.45) is 10.2 Å². The standard InChI is InChI=1S/C23H22N2O3/c1-26-20-15-14-19(22(27-2)23(20)28-3)16-24-25-21(17-10-6-4-7-11-17)18-12-8-5-9-13-18/h4-16H,1-3H3/b24-16+. The van der Waals surface area contributed by atoms with E-state index in [0.29, 0.717) is 17.2 Å². The normalized spacial score (nSPS) is 10.5. The molecule has 0 bridgehead atoms. The summed E-state index contributed by atoms with van der Waals surface area (Å²) in [6, 6.07) is 23.6. The Hall–Kier alpha value is -3.60. The lowest BCUT2D eigenvalue weighted by Gasteiger charge is -2.13. The molecule has 0 unspecified atom stereocenters. The zero-order valence-electron chi connectivity index (χ0n) is 16.1. The van der Waals surface area contributed by atoms with Gasteiger partial charge < -0.3 is 14.2 Å². The fraction of sp³-hybridized carbons (Fsp3) is 0.130. The van der Waals surface area contributed by atoms with E-state index in [1.165, 1.54) is 0 Å². The van der Waals surface area contributed by atoms with Crippen LogP contribution in [-0.4, -0.2) is 33.3 Å². The van der Waals surface area contributed by atoms with Crippen molar-refractivity contribution in [3.8, 4) is 17.2 Å². The van der Waals surface area contributed by atoms with Crippen LogP contribution in [0.4, 0.5) is 0 Å². The van der Waals surface area contributed by atoms with E-state index in [0.717, 1.165) is 22.4 Å². The molecule has 0 atom stereocenters. The molecule has 3 rings (SSSR count). The molecule has 3 aromatic rings. The zero-order valence-corrected chi connectivity index (χ0v) is 16.1. The number of methoxy groups -OCH3 is 3. The molecule has 0 N–H and O–H groups in total. The summed E-state index contributed by atoms with van der Waals surface area (Å²) in [5.74, 6) is 1.65. The van der Waals surface area contributed by atoms with Gasteiger partial charge in [-0.3, -0.25) is 0 Å². The number of hydrogen-bond acceptors (Lipinski definition) is 5. The van der Waals surface area contributed by atoms with Crippen LogP contribution in [0.5, 0.6) is 17.2 Å². The molecule has 5 heteroatoms. The molecule has 28 heavy (non-hydrogen) atoms. The van der Waals surface area contributed by atoms with Crippen molar-refractivity contribution in [3.05, 3.63) is 89.5 Å². The van der Waals surface area contributed by atoms with Gasteiger partial charge >= 0.3 is 0 Å². The van der Waals surface area contributed by atoms with E-state index >= 15 is 0 Å². The van der Waals surface area contributed by atoms with Crippen LogP contribution in [0.25, 0.3) is 0 Å². The second-order valence-corrected chi connectivity index (χ2v) is 5.85. The highest BCUT2D eigenvalue weighted by Crippen LogP contribution is 2.39. The minimum absolute atomic E-state index is 0.518. The summed E-state index contributed by atoms with van der Waals surface area (Å²) in [6.45, 7) is 0. The summed E-state index contributed by atoms with van der Waals surface area (Å²) in [6.07, 6.45) is 1.65. The first-order valence-corrected chi connectivity index (χ1v) is 8.79. The first-order valence-electron chi connectivity index (χ1n) is 8.79. The van der Waals surface area contributed by atoms with Gasteiger partial charge in [-0.25, -0.2) is 0 Å². The van der Waals surface area contributed by atoms with Gasteiger partial charge in [-0.2, -0.15) is 5.10 Å². The monoisotopic (exact) mass is 374 g/mol. The van der Waals surface area contributed by atoms with E-state index < -0.39 is 0 Å². The lowest BCUT2D eigenvalue weighted by Crippen LogP contribution is -2.02. The second-order valence-electron chi connectivity index (χ2n) is 5.85. The van der Waals surface area contributed by atoms with Gasteiger partial charge in [-0.1, -0.05) is 60.7 Å². The lowest BCUT2D eigenvalue weighted by molar-refractivity contribution is 0.324. The number of nitrogens with zero attached hydrogens (tertiary/aromatic N) is 2. The van der Waals surface area contributed by atoms with E-state index in [2.05, 4.69) is 10.2 Å². The Kier molecular flexibility index (Phi) is 6.41. The Morgan fingerprint density at radius 3 is 1.75 bits per heavy atom. The highest BCUT2D eigenvalue weighted by atomic mass is 16.5. The molecule has 0 saturated carbocycles. The molecule has 5 nitrogen and oxygen atoms in total. The predicted molar refractivity (Wildman–Crippen MR) is 112 cm³/mol. The van der Waals surface area contributed by atoms with Crippen molar-refractivity contribution in [2.45, 2.75) is 0 Å². The van der Waals surface area contributed by atoms with E-state index in [9.17, 15) is 0 Å². The summed E-state index contributed by atoms with van der Waals surface area (Å²) in [4.78, 5) is 0. The van der Waals surface area contributed by atoms with Gasteiger partial charge in [0.05, 0.1) is 27.5 Å². The molecular weight excluding hydrogens is 352 g/mol. The van der Waals surface area contributed by atoms with Crippen LogP contribution in [0.15, 0.2) is 83.0 Å². The highest BCUT2D eigenvalue weighted by Gasteiger charge is 2.14. The molecule has 0 aliphatic rings. The Morgan fingerprint density at radius 1 is 0.679 bits per heavy atom. The summed E-state index contributed by atoms with van der Waals surface area (Å²) in [5.41, 5.74) is 3.51. The Labute approximate surface area is 164 Å². The van der Waals surface area contributed by atoms with Crippen LogP contribution in [0.2, 0.25) is 0 Å². The van der Waals surface area contributed by atoms with Crippen LogP contribution >= 0.6 is 0 Å². The smallest absolute Gasteiger partial charge is 0.203 e. The fourth-order valence-corrected chi connectivity index (χ4v) is 2.85. The maximum absolute atomic E-state index is 5.49. The summed E-state index contributed by atoms with van der Waals surface area (Å²) >= 11 is 0. The van der Waals surface area contributed by atoms with Gasteiger partial charge in [0, 0.05) is 16.7 Å². The van der Waals surface area contributed by atoms with Gasteiger partial charge in [0.2, 0.25) is 5.75 Å². The third-order valence-corrected chi connectivity index (χ3v) is 4.18. The van der Waals surface area contributed by atoms with E-state index in [4.69, 9.17) is 14.2 Å². The topological polar surface area (TPSA) is 52.4 Å². The van der Waals surface area contributed by atoms with Crippen LogP contribution in [-0.2, 0) is 0 Å². The summed E-state index contributed by atoms with van der Waals surface area (Å²) < 4.78 is 16.2. The molecule has 0 heterocycles. The molecule has 3 aromatic carbocycles. The largest absolute Gasteiger partial charge is 0.493 e. The van der Waals surface area contributed by atoms with E-state index in [-0.39, 0.29) is 0 Å². The van der Waals surface area contributed by atoms with E-state index in [1.54, 1.807) is 27.5 Å². The molecule has 0 saturated heterocycles. The van der Waals surface area contributed by atoms with Crippen molar-refractivity contribution in [2.75, 3.05) is 21.3 Å². The van der Waals surface area contributed by atoms with Crippen LogP contribution < -0.4 is 14.2 Å². The maximum atomic E-state index is 5.49. The first-order chi connectivity index (χ1) is 13.8. The van der Waals surface area contributed by atoms with Crippen LogP contribution in [0.1, 0.15) is 16.7 Å². The average Bonchev–Trinajstić information content (AvgIpc) is 2.77. The molecule has 0 aliphatic heterocycles. The summed E-state index contributed by atoms with van der Waals surface area (Å²) in [7, 11) is 4.74. The molecule has 0 amide bonds. The molecule has 0 aromatic heterocycles. The third kappa shape index (κ3) is 4.20. The molecule has 0 fully saturated rings. The number of rotatable bonds is 7. The van der Waals surface area contributed by atoms with Crippen molar-refractivity contribution in [1.82, 2.24) is 0 Å². The third-order valence-electron chi connectivity index (χ3n) is 4.18. The van der Waals surface area contributed by atoms with Crippen molar-refractivity contribution >= 4 is 11.9 Å². The molecule has 0 radical (unpaired) electrons. The van der Waals surface area contributed by atoms with Gasteiger partial charge in [0.25, 0.3) is 0 Å². The minimum Gasteiger partial charge on any atom is -0.493 e. The second kappa shape index (κ2) is 9.37. The summed E-state index contributed by atoms with van der Waals surface area (Å²) in [5, 5.41) is 8.81. The average molecular weight is 374 g/mol. The van der Waals surface area contributed by atoms with Gasteiger partial charge in [0.15, 0.2) is 11.5 Å². The molecule has 142 valence electrons. The lowest BCUT2D eigenvalue weighted by atomic mass is 10.0. The Balaban J connectivity index is 2.01. The van der Waals surface area contributed by atoms with Gasteiger partial charge in [-0.05, 0) is 12.1 Å². The number of hydrogen-bond donors (Lipinski definition) is 0. The van der Waals surface area contributed by atoms with E-state index in [1.807, 2.05) is 72.8 Å². The molecule has 0 spiro atoms. The Bertz CT molecular complexity index is 926. The fourth-order valence-electron chi connectivity index (χ4n) is 2.85. The first kappa shape index (κ1) is 19.2. The van der Waals surface area contributed by atoms with Crippen molar-refractivity contribution < 1.29 is 14.2 Å². The van der Waals surface area contributed by atoms with Crippen LogP contribution in [0, 0.1) is 0 Å². The number of ether oxygens (including phenoxy) is 3. The Morgan fingerprint density at radius 2 is 1.25 bits per heavy atom. The van der Waals surface area contributed by atoms with Crippen molar-refractivity contribution in [3.63, 3.8) is 0 Å². The maximum Gasteiger partial charge on any atom is 0.203 e. The molecule has 0 aliphatic carbocycles. The van der Waals surface area contributed by atoms with Crippen molar-refractivity contribution in [1.29, 1.82) is 0 Å².